The lowest BCUT2D eigenvalue weighted by Gasteiger charge is -2.40. The molecule has 1 heterocycles. The Labute approximate surface area is 78.7 Å². The second-order valence-electron chi connectivity index (χ2n) is 4.03. The summed E-state index contributed by atoms with van der Waals surface area (Å²) < 4.78 is 0. The molecule has 1 rings (SSSR count). The molecule has 0 aromatic carbocycles. The molecule has 13 heavy (non-hydrogen) atoms. The van der Waals surface area contributed by atoms with Gasteiger partial charge in [0.25, 0.3) is 0 Å². The van der Waals surface area contributed by atoms with Crippen molar-refractivity contribution in [1.82, 2.24) is 4.90 Å². The maximum absolute atomic E-state index is 11.7. The van der Waals surface area contributed by atoms with Crippen LogP contribution < -0.4 is 5.73 Å². The van der Waals surface area contributed by atoms with E-state index in [1.54, 1.807) is 11.8 Å². The molecule has 1 atom stereocenters. The van der Waals surface area contributed by atoms with Crippen LogP contribution in [0.4, 0.5) is 0 Å². The van der Waals surface area contributed by atoms with E-state index in [2.05, 4.69) is 0 Å². The smallest absolute Gasteiger partial charge is 0.242 e. The van der Waals surface area contributed by atoms with Crippen molar-refractivity contribution in [1.29, 1.82) is 0 Å². The molecule has 1 saturated heterocycles. The minimum absolute atomic E-state index is 0.0420. The van der Waals surface area contributed by atoms with Gasteiger partial charge in [0.2, 0.25) is 5.91 Å². The van der Waals surface area contributed by atoms with E-state index in [9.17, 15) is 4.79 Å². The van der Waals surface area contributed by atoms with Crippen LogP contribution in [0, 0.1) is 0 Å². The van der Waals surface area contributed by atoms with E-state index < -0.39 is 5.54 Å². The molecule has 4 heteroatoms. The largest absolute Gasteiger partial charge is 0.389 e. The molecule has 0 bridgehead atoms. The Morgan fingerprint density at radius 1 is 1.69 bits per heavy atom. The fourth-order valence-corrected chi connectivity index (χ4v) is 1.61. The number of likely N-dealkylation sites (tertiary alicyclic amines) is 1. The van der Waals surface area contributed by atoms with Crippen LogP contribution in [0.3, 0.4) is 0 Å². The summed E-state index contributed by atoms with van der Waals surface area (Å²) in [5.41, 5.74) is 5.10. The van der Waals surface area contributed by atoms with Crippen LogP contribution >= 0.6 is 0 Å². The predicted molar refractivity (Wildman–Crippen MR) is 50.1 cm³/mol. The van der Waals surface area contributed by atoms with Crippen LogP contribution in [-0.4, -0.2) is 40.6 Å². The third-order valence-corrected chi connectivity index (χ3v) is 2.41. The summed E-state index contributed by atoms with van der Waals surface area (Å²) >= 11 is 0. The molecular formula is C9H18N2O2. The predicted octanol–water partition coefficient (Wildman–Crippen LogP) is -0.293. The van der Waals surface area contributed by atoms with Crippen molar-refractivity contribution in [2.24, 2.45) is 5.73 Å². The monoisotopic (exact) mass is 186 g/mol. The first-order valence-corrected chi connectivity index (χ1v) is 4.73. The summed E-state index contributed by atoms with van der Waals surface area (Å²) in [6.07, 6.45) is 1.24. The van der Waals surface area contributed by atoms with Crippen LogP contribution in [0.5, 0.6) is 0 Å². The average molecular weight is 186 g/mol. The third kappa shape index (κ3) is 2.19. The van der Waals surface area contributed by atoms with Gasteiger partial charge in [-0.05, 0) is 13.3 Å². The molecule has 0 saturated carbocycles. The Morgan fingerprint density at radius 2 is 2.23 bits per heavy atom. The van der Waals surface area contributed by atoms with Gasteiger partial charge < -0.3 is 15.7 Å². The molecule has 1 aliphatic heterocycles. The molecular weight excluding hydrogens is 168 g/mol. The molecule has 1 amide bonds. The highest BCUT2D eigenvalue weighted by molar-refractivity contribution is 5.86. The molecule has 0 radical (unpaired) electrons. The maximum Gasteiger partial charge on any atom is 0.242 e. The Kier molecular flexibility index (Phi) is 2.93. The first-order valence-electron chi connectivity index (χ1n) is 4.73. The number of carbonyl (C=O) groups excluding carboxylic acids is 1. The third-order valence-electron chi connectivity index (χ3n) is 2.41. The number of aliphatic hydroxyl groups excluding tert-OH is 1. The van der Waals surface area contributed by atoms with Crippen molar-refractivity contribution < 1.29 is 9.90 Å². The molecule has 0 aromatic rings. The Balaban J connectivity index is 2.46. The van der Waals surface area contributed by atoms with Gasteiger partial charge in [0.15, 0.2) is 0 Å². The van der Waals surface area contributed by atoms with Crippen LogP contribution in [0.25, 0.3) is 0 Å². The van der Waals surface area contributed by atoms with Crippen molar-refractivity contribution in [2.75, 3.05) is 13.1 Å². The van der Waals surface area contributed by atoms with E-state index in [4.69, 9.17) is 10.8 Å². The average Bonchev–Trinajstić information content (AvgIpc) is 1.97. The van der Waals surface area contributed by atoms with Gasteiger partial charge in [-0.15, -0.1) is 0 Å². The van der Waals surface area contributed by atoms with Gasteiger partial charge in [-0.3, -0.25) is 4.79 Å². The van der Waals surface area contributed by atoms with Crippen molar-refractivity contribution in [3.63, 3.8) is 0 Å². The van der Waals surface area contributed by atoms with Gasteiger partial charge in [-0.1, -0.05) is 13.3 Å². The molecule has 1 fully saturated rings. The zero-order chi connectivity index (χ0) is 10.1. The van der Waals surface area contributed by atoms with Gasteiger partial charge in [-0.25, -0.2) is 0 Å². The first-order chi connectivity index (χ1) is 5.97. The molecule has 1 unspecified atom stereocenters. The fourth-order valence-electron chi connectivity index (χ4n) is 1.61. The van der Waals surface area contributed by atoms with Gasteiger partial charge in [-0.2, -0.15) is 0 Å². The Morgan fingerprint density at radius 3 is 2.62 bits per heavy atom. The number of hydrogen-bond donors (Lipinski definition) is 2. The number of nitrogens with two attached hydrogens (primary N) is 1. The topological polar surface area (TPSA) is 66.6 Å². The van der Waals surface area contributed by atoms with Crippen molar-refractivity contribution in [3.05, 3.63) is 0 Å². The highest BCUT2D eigenvalue weighted by Crippen LogP contribution is 2.17. The van der Waals surface area contributed by atoms with Gasteiger partial charge in [0.1, 0.15) is 0 Å². The number of nitrogens with zero attached hydrogens (tertiary/aromatic N) is 1. The van der Waals surface area contributed by atoms with Crippen LogP contribution in [0.15, 0.2) is 0 Å². The lowest BCUT2D eigenvalue weighted by molar-refractivity contribution is -0.146. The van der Waals surface area contributed by atoms with Crippen molar-refractivity contribution >= 4 is 5.91 Å². The van der Waals surface area contributed by atoms with E-state index in [1.807, 2.05) is 6.92 Å². The molecule has 0 aliphatic carbocycles. The second kappa shape index (κ2) is 3.64. The maximum atomic E-state index is 11.7. The highest BCUT2D eigenvalue weighted by Gasteiger charge is 2.37. The van der Waals surface area contributed by atoms with Crippen LogP contribution in [-0.2, 0) is 4.79 Å². The minimum Gasteiger partial charge on any atom is -0.389 e. The van der Waals surface area contributed by atoms with E-state index in [0.717, 1.165) is 6.42 Å². The van der Waals surface area contributed by atoms with E-state index in [-0.39, 0.29) is 12.0 Å². The first kappa shape index (κ1) is 10.5. The number of carbonyl (C=O) groups is 1. The number of hydrogen-bond acceptors (Lipinski definition) is 3. The normalized spacial score (nSPS) is 22.3. The quantitative estimate of drug-likeness (QED) is 0.636. The van der Waals surface area contributed by atoms with Gasteiger partial charge in [0.05, 0.1) is 11.6 Å². The van der Waals surface area contributed by atoms with E-state index >= 15 is 0 Å². The highest BCUT2D eigenvalue weighted by atomic mass is 16.3. The zero-order valence-corrected chi connectivity index (χ0v) is 8.29. The standard InChI is InChI=1S/C9H18N2O2/c1-3-4-9(2,10)8(13)11-5-7(12)6-11/h7,12H,3-6,10H2,1-2H3. The van der Waals surface area contributed by atoms with Crippen molar-refractivity contribution in [3.8, 4) is 0 Å². The van der Waals surface area contributed by atoms with Crippen LogP contribution in [0.2, 0.25) is 0 Å². The number of rotatable bonds is 3. The number of β-amino-alcohol motifs (C(OH)–C–C–N with tert-alkyl or cyclic N) is 1. The summed E-state index contributed by atoms with van der Waals surface area (Å²) in [5.74, 6) is -0.0420. The summed E-state index contributed by atoms with van der Waals surface area (Å²) in [4.78, 5) is 13.3. The zero-order valence-electron chi connectivity index (χ0n) is 8.29. The van der Waals surface area contributed by atoms with Crippen LogP contribution in [0.1, 0.15) is 26.7 Å². The molecule has 4 nitrogen and oxygen atoms in total. The second-order valence-corrected chi connectivity index (χ2v) is 4.03. The fraction of sp³-hybridized carbons (Fsp3) is 0.889. The lowest BCUT2D eigenvalue weighted by Crippen LogP contribution is -2.62. The molecule has 3 N–H and O–H groups in total. The van der Waals surface area contributed by atoms with Gasteiger partial charge in [0, 0.05) is 13.1 Å². The molecule has 0 aromatic heterocycles. The molecule has 1 aliphatic rings. The molecule has 0 spiro atoms. The number of amides is 1. The van der Waals surface area contributed by atoms with Gasteiger partial charge >= 0.3 is 0 Å². The minimum atomic E-state index is -0.755. The Bertz CT molecular complexity index is 198. The van der Waals surface area contributed by atoms with E-state index in [1.165, 1.54) is 0 Å². The summed E-state index contributed by atoms with van der Waals surface area (Å²) in [7, 11) is 0. The Hall–Kier alpha value is -0.610. The van der Waals surface area contributed by atoms with E-state index in [0.29, 0.717) is 19.5 Å². The van der Waals surface area contributed by atoms with Crippen molar-refractivity contribution in [2.45, 2.75) is 38.3 Å². The summed E-state index contributed by atoms with van der Waals surface area (Å²) in [6, 6.07) is 0. The lowest BCUT2D eigenvalue weighted by atomic mass is 9.94. The number of aliphatic hydroxyl groups is 1. The summed E-state index contributed by atoms with van der Waals surface area (Å²) in [6.45, 7) is 4.64. The SMILES string of the molecule is CCCC(C)(N)C(=O)N1CC(O)C1. The molecule has 76 valence electrons. The summed E-state index contributed by atoms with van der Waals surface area (Å²) in [5, 5.41) is 9.03.